The van der Waals surface area contributed by atoms with Crippen molar-refractivity contribution in [2.75, 3.05) is 32.7 Å². The van der Waals surface area contributed by atoms with Crippen LogP contribution in [0.3, 0.4) is 0 Å². The van der Waals surface area contributed by atoms with Crippen molar-refractivity contribution in [1.29, 1.82) is 5.26 Å². The van der Waals surface area contributed by atoms with Crippen molar-refractivity contribution in [1.82, 2.24) is 19.2 Å². The molecule has 0 atom stereocenters. The van der Waals surface area contributed by atoms with Gasteiger partial charge in [-0.2, -0.15) is 9.57 Å². The molecule has 0 radical (unpaired) electrons. The summed E-state index contributed by atoms with van der Waals surface area (Å²) < 4.78 is 27.1. The number of nitrogens with zero attached hydrogens (tertiary/aromatic N) is 5. The molecule has 0 unspecified atom stereocenters. The summed E-state index contributed by atoms with van der Waals surface area (Å²) in [4.78, 5) is 19.3. The van der Waals surface area contributed by atoms with Crippen molar-refractivity contribution in [2.24, 2.45) is 0 Å². The number of aliphatic hydroxyl groups is 1. The Bertz CT molecular complexity index is 1350. The zero-order chi connectivity index (χ0) is 23.6. The Morgan fingerprint density at radius 3 is 2.48 bits per heavy atom. The van der Waals surface area contributed by atoms with Crippen LogP contribution in [-0.2, 0) is 10.0 Å². The molecule has 4 rings (SSSR count). The maximum Gasteiger partial charge on any atom is 0.289 e. The molecule has 0 saturated carbocycles. The fourth-order valence-corrected chi connectivity index (χ4v) is 5.29. The van der Waals surface area contributed by atoms with Gasteiger partial charge in [0.25, 0.3) is 5.69 Å². The van der Waals surface area contributed by atoms with Gasteiger partial charge in [0.15, 0.2) is 10.7 Å². The number of imidazole rings is 1. The quantitative estimate of drug-likeness (QED) is 0.241. The van der Waals surface area contributed by atoms with Crippen LogP contribution in [0.15, 0.2) is 59.2 Å². The molecule has 33 heavy (non-hydrogen) atoms. The minimum Gasteiger partial charge on any atom is -0.509 e. The summed E-state index contributed by atoms with van der Waals surface area (Å²) in [7, 11) is -4.05. The number of benzene rings is 2. The third-order valence-corrected chi connectivity index (χ3v) is 7.36. The molecule has 2 heterocycles. The van der Waals surface area contributed by atoms with Gasteiger partial charge in [0.05, 0.1) is 22.5 Å². The lowest BCUT2D eigenvalue weighted by Gasteiger charge is -2.33. The second kappa shape index (κ2) is 8.99. The van der Waals surface area contributed by atoms with E-state index in [9.17, 15) is 28.9 Å². The Morgan fingerprint density at radius 1 is 1.15 bits per heavy atom. The summed E-state index contributed by atoms with van der Waals surface area (Å²) in [5.41, 5.74) is 0.954. The standard InChI is InChI=1S/C21H20N6O5S/c22-13-15(21-23-16-5-1-2-6-17(16)24-21)19(28)14-25-9-11-26(12-10-25)33(31,32)20-8-4-3-7-18(20)27(29)30/h1-8,28H,9-12,14H2,(H,23,24)/b19-15-. The average molecular weight is 468 g/mol. The lowest BCUT2D eigenvalue weighted by atomic mass is 10.2. The highest BCUT2D eigenvalue weighted by Crippen LogP contribution is 2.27. The summed E-state index contributed by atoms with van der Waals surface area (Å²) in [5.74, 6) is 0.0837. The molecule has 1 fully saturated rings. The zero-order valence-corrected chi connectivity index (χ0v) is 18.2. The molecule has 0 aliphatic carbocycles. The zero-order valence-electron chi connectivity index (χ0n) is 17.4. The first-order valence-corrected chi connectivity index (χ1v) is 11.5. The van der Waals surface area contributed by atoms with E-state index in [1.54, 1.807) is 11.0 Å². The molecular formula is C21H20N6O5S. The number of piperazine rings is 1. The van der Waals surface area contributed by atoms with Crippen LogP contribution in [0.1, 0.15) is 5.82 Å². The SMILES string of the molecule is N#C/C(=C(/O)CN1CCN(S(=O)(=O)c2ccccc2[N+](=O)[O-])CC1)c1nc2ccccc2[nH]1. The number of H-pyrrole nitrogens is 1. The van der Waals surface area contributed by atoms with Crippen molar-refractivity contribution in [3.05, 3.63) is 70.2 Å². The summed E-state index contributed by atoms with van der Waals surface area (Å²) in [6.07, 6.45) is 0. The Morgan fingerprint density at radius 2 is 1.82 bits per heavy atom. The number of nitro benzene ring substituents is 1. The maximum atomic E-state index is 13.0. The van der Waals surface area contributed by atoms with Gasteiger partial charge in [-0.15, -0.1) is 0 Å². The van der Waals surface area contributed by atoms with E-state index in [0.29, 0.717) is 5.52 Å². The van der Waals surface area contributed by atoms with Crippen LogP contribution in [0.25, 0.3) is 16.6 Å². The van der Waals surface area contributed by atoms with Gasteiger partial charge in [0.2, 0.25) is 10.0 Å². The molecule has 11 nitrogen and oxygen atoms in total. The normalized spacial score (nSPS) is 16.3. The molecule has 1 aliphatic heterocycles. The van der Waals surface area contributed by atoms with E-state index in [1.807, 2.05) is 24.3 Å². The Balaban J connectivity index is 1.48. The largest absolute Gasteiger partial charge is 0.509 e. The van der Waals surface area contributed by atoms with E-state index in [1.165, 1.54) is 22.5 Å². The number of fused-ring (bicyclic) bond motifs is 1. The number of para-hydroxylation sites is 3. The van der Waals surface area contributed by atoms with Crippen molar-refractivity contribution >= 4 is 32.3 Å². The molecule has 2 aromatic carbocycles. The number of rotatable bonds is 6. The highest BCUT2D eigenvalue weighted by Gasteiger charge is 2.33. The first-order chi connectivity index (χ1) is 15.8. The Hall–Kier alpha value is -3.79. The van der Waals surface area contributed by atoms with Gasteiger partial charge in [0.1, 0.15) is 17.4 Å². The molecule has 1 aromatic heterocycles. The lowest BCUT2D eigenvalue weighted by molar-refractivity contribution is -0.387. The number of nitro groups is 1. The number of hydrogen-bond acceptors (Lipinski definition) is 8. The minimum absolute atomic E-state index is 0.0150. The van der Waals surface area contributed by atoms with Gasteiger partial charge in [0, 0.05) is 32.2 Å². The molecule has 0 amide bonds. The van der Waals surface area contributed by atoms with E-state index >= 15 is 0 Å². The predicted octanol–water partition coefficient (Wildman–Crippen LogP) is 2.27. The minimum atomic E-state index is -4.05. The van der Waals surface area contributed by atoms with E-state index in [0.717, 1.165) is 11.6 Å². The van der Waals surface area contributed by atoms with Crippen molar-refractivity contribution in [3.8, 4) is 6.07 Å². The van der Waals surface area contributed by atoms with E-state index in [2.05, 4.69) is 9.97 Å². The summed E-state index contributed by atoms with van der Waals surface area (Å²) >= 11 is 0. The van der Waals surface area contributed by atoms with Gasteiger partial charge in [-0.3, -0.25) is 15.0 Å². The van der Waals surface area contributed by atoms with Crippen LogP contribution < -0.4 is 0 Å². The number of aromatic amines is 1. The van der Waals surface area contributed by atoms with E-state index < -0.39 is 20.6 Å². The molecule has 12 heteroatoms. The Kier molecular flexibility index (Phi) is 6.10. The van der Waals surface area contributed by atoms with Gasteiger partial charge >= 0.3 is 0 Å². The molecule has 1 aliphatic rings. The average Bonchev–Trinajstić information content (AvgIpc) is 3.23. The van der Waals surface area contributed by atoms with Gasteiger partial charge < -0.3 is 10.1 Å². The summed E-state index contributed by atoms with van der Waals surface area (Å²) in [6, 6.07) is 14.5. The second-order valence-corrected chi connectivity index (χ2v) is 9.35. The molecule has 2 N–H and O–H groups in total. The van der Waals surface area contributed by atoms with Crippen molar-refractivity contribution in [2.45, 2.75) is 4.90 Å². The molecular weight excluding hydrogens is 448 g/mol. The predicted molar refractivity (Wildman–Crippen MR) is 120 cm³/mol. The fourth-order valence-electron chi connectivity index (χ4n) is 3.71. The third-order valence-electron chi connectivity index (χ3n) is 5.41. The smallest absolute Gasteiger partial charge is 0.289 e. The fraction of sp³-hybridized carbons (Fsp3) is 0.238. The maximum absolute atomic E-state index is 13.0. The van der Waals surface area contributed by atoms with Crippen LogP contribution in [0.5, 0.6) is 0 Å². The van der Waals surface area contributed by atoms with Crippen molar-refractivity contribution in [3.63, 3.8) is 0 Å². The van der Waals surface area contributed by atoms with E-state index in [4.69, 9.17) is 0 Å². The number of hydrogen-bond donors (Lipinski definition) is 2. The highest BCUT2D eigenvalue weighted by molar-refractivity contribution is 7.89. The third kappa shape index (κ3) is 4.42. The first kappa shape index (κ1) is 22.4. The topological polar surface area (TPSA) is 156 Å². The second-order valence-electron chi connectivity index (χ2n) is 7.44. The lowest BCUT2D eigenvalue weighted by Crippen LogP contribution is -2.49. The van der Waals surface area contributed by atoms with Crippen molar-refractivity contribution < 1.29 is 18.4 Å². The number of nitrogens with one attached hydrogen (secondary N) is 1. The number of sulfonamides is 1. The van der Waals surface area contributed by atoms with Crippen LogP contribution in [0.4, 0.5) is 5.69 Å². The molecule has 0 bridgehead atoms. The van der Waals surface area contributed by atoms with Gasteiger partial charge in [-0.25, -0.2) is 13.4 Å². The first-order valence-electron chi connectivity index (χ1n) is 10.0. The number of allylic oxidation sites excluding steroid dienone is 1. The van der Waals surface area contributed by atoms with Crippen LogP contribution >= 0.6 is 0 Å². The van der Waals surface area contributed by atoms with Gasteiger partial charge in [-0.05, 0) is 18.2 Å². The summed E-state index contributed by atoms with van der Waals surface area (Å²) in [5, 5.41) is 31.4. The molecule has 3 aromatic rings. The number of aromatic nitrogens is 2. The summed E-state index contributed by atoms with van der Waals surface area (Å²) in [6.45, 7) is 0.785. The molecule has 170 valence electrons. The molecule has 1 saturated heterocycles. The Labute approximate surface area is 189 Å². The highest BCUT2D eigenvalue weighted by atomic mass is 32.2. The van der Waals surface area contributed by atoms with Crippen LogP contribution in [-0.4, -0.2) is 70.3 Å². The molecule has 0 spiro atoms. The van der Waals surface area contributed by atoms with E-state index in [-0.39, 0.29) is 54.8 Å². The number of aliphatic hydroxyl groups excluding tert-OH is 1. The van der Waals surface area contributed by atoms with Crippen LogP contribution in [0, 0.1) is 21.4 Å². The number of nitriles is 1. The monoisotopic (exact) mass is 468 g/mol. The van der Waals surface area contributed by atoms with Crippen LogP contribution in [0.2, 0.25) is 0 Å². The van der Waals surface area contributed by atoms with Gasteiger partial charge in [-0.1, -0.05) is 24.3 Å².